The maximum Gasteiger partial charge on any atom is 0.335 e. The molecule has 8 heteroatoms. The summed E-state index contributed by atoms with van der Waals surface area (Å²) in [6, 6.07) is 10.6. The van der Waals surface area contributed by atoms with Crippen molar-refractivity contribution in [3.05, 3.63) is 69.3 Å². The summed E-state index contributed by atoms with van der Waals surface area (Å²) in [4.78, 5) is 36.5. The molecular weight excluding hydrogens is 386 g/mol. The molecule has 158 valence electrons. The lowest BCUT2D eigenvalue weighted by Crippen LogP contribution is -2.33. The van der Waals surface area contributed by atoms with Gasteiger partial charge in [-0.2, -0.15) is 0 Å². The van der Waals surface area contributed by atoms with Gasteiger partial charge in [-0.3, -0.25) is 14.9 Å². The lowest BCUT2D eigenvalue weighted by molar-refractivity contribution is -0.384. The van der Waals surface area contributed by atoms with Crippen molar-refractivity contribution in [3.8, 4) is 0 Å². The Morgan fingerprint density at radius 2 is 1.80 bits per heavy atom. The second-order valence-corrected chi connectivity index (χ2v) is 7.52. The number of carboxylic acids is 1. The molecule has 1 saturated heterocycles. The number of amides is 1. The number of benzene rings is 2. The van der Waals surface area contributed by atoms with Gasteiger partial charge in [0, 0.05) is 36.5 Å². The fraction of sp³-hybridized carbons (Fsp3) is 0.364. The summed E-state index contributed by atoms with van der Waals surface area (Å²) < 4.78 is 0. The highest BCUT2D eigenvalue weighted by atomic mass is 16.6. The molecule has 0 radical (unpaired) electrons. The fourth-order valence-electron chi connectivity index (χ4n) is 3.75. The maximum atomic E-state index is 12.5. The van der Waals surface area contributed by atoms with E-state index in [1.54, 1.807) is 18.2 Å². The van der Waals surface area contributed by atoms with Gasteiger partial charge >= 0.3 is 5.97 Å². The first-order chi connectivity index (χ1) is 14.3. The lowest BCUT2D eigenvalue weighted by atomic mass is 10.0. The number of carbonyl (C=O) groups excluding carboxylic acids is 1. The molecule has 1 heterocycles. The van der Waals surface area contributed by atoms with Crippen LogP contribution in [0.4, 0.5) is 11.4 Å². The molecule has 1 amide bonds. The third kappa shape index (κ3) is 5.14. The van der Waals surface area contributed by atoms with Crippen LogP contribution in [0.1, 0.15) is 53.7 Å². The number of nitro groups is 1. The predicted molar refractivity (Wildman–Crippen MR) is 113 cm³/mol. The zero-order valence-corrected chi connectivity index (χ0v) is 16.8. The SMILES string of the molecule is CC(NC(=O)Cc1ccc(C(=O)O)cc1)c1cc([N+](=O)[O-])ccc1N1CCCCC1. The molecule has 1 aliphatic rings. The second-order valence-electron chi connectivity index (χ2n) is 7.52. The van der Waals surface area contributed by atoms with Gasteiger partial charge in [-0.1, -0.05) is 12.1 Å². The third-order valence-electron chi connectivity index (χ3n) is 5.33. The van der Waals surface area contributed by atoms with Crippen molar-refractivity contribution >= 4 is 23.3 Å². The molecule has 0 saturated carbocycles. The summed E-state index contributed by atoms with van der Waals surface area (Å²) in [6.07, 6.45) is 3.41. The number of carbonyl (C=O) groups is 2. The van der Waals surface area contributed by atoms with Gasteiger partial charge in [-0.05, 0) is 49.9 Å². The average molecular weight is 411 g/mol. The van der Waals surface area contributed by atoms with Crippen LogP contribution in [0.25, 0.3) is 0 Å². The van der Waals surface area contributed by atoms with Crippen molar-refractivity contribution in [2.75, 3.05) is 18.0 Å². The fourth-order valence-corrected chi connectivity index (χ4v) is 3.75. The zero-order chi connectivity index (χ0) is 21.7. The monoisotopic (exact) mass is 411 g/mol. The number of aromatic carboxylic acids is 1. The quantitative estimate of drug-likeness (QED) is 0.531. The van der Waals surface area contributed by atoms with Crippen molar-refractivity contribution in [1.82, 2.24) is 5.32 Å². The summed E-state index contributed by atoms with van der Waals surface area (Å²) in [5.41, 5.74) is 2.49. The van der Waals surface area contributed by atoms with Gasteiger partial charge in [-0.15, -0.1) is 0 Å². The Kier molecular flexibility index (Phi) is 6.66. The first kappa shape index (κ1) is 21.3. The molecular formula is C22H25N3O5. The number of hydrogen-bond acceptors (Lipinski definition) is 5. The zero-order valence-electron chi connectivity index (χ0n) is 16.8. The Morgan fingerprint density at radius 1 is 1.13 bits per heavy atom. The van der Waals surface area contributed by atoms with Crippen molar-refractivity contribution in [3.63, 3.8) is 0 Å². The van der Waals surface area contributed by atoms with Crippen molar-refractivity contribution in [2.24, 2.45) is 0 Å². The molecule has 0 aliphatic carbocycles. The smallest absolute Gasteiger partial charge is 0.335 e. The van der Waals surface area contributed by atoms with Gasteiger partial charge in [0.25, 0.3) is 5.69 Å². The summed E-state index contributed by atoms with van der Waals surface area (Å²) in [5.74, 6) is -1.25. The number of hydrogen-bond donors (Lipinski definition) is 2. The van der Waals surface area contributed by atoms with E-state index < -0.39 is 16.9 Å². The number of non-ortho nitro benzene ring substituents is 1. The van der Waals surface area contributed by atoms with Gasteiger partial charge in [0.1, 0.15) is 0 Å². The molecule has 1 aliphatic heterocycles. The largest absolute Gasteiger partial charge is 0.478 e. The summed E-state index contributed by atoms with van der Waals surface area (Å²) in [5, 5.41) is 23.2. The van der Waals surface area contributed by atoms with Crippen LogP contribution in [0.15, 0.2) is 42.5 Å². The second kappa shape index (κ2) is 9.39. The molecule has 30 heavy (non-hydrogen) atoms. The molecule has 0 bridgehead atoms. The van der Waals surface area contributed by atoms with Crippen LogP contribution in [0.2, 0.25) is 0 Å². The molecule has 1 unspecified atom stereocenters. The molecule has 1 atom stereocenters. The first-order valence-electron chi connectivity index (χ1n) is 10.00. The molecule has 3 rings (SSSR count). The number of nitro benzene ring substituents is 1. The van der Waals surface area contributed by atoms with Crippen LogP contribution in [-0.2, 0) is 11.2 Å². The number of nitrogens with zero attached hydrogens (tertiary/aromatic N) is 2. The minimum atomic E-state index is -1.02. The predicted octanol–water partition coefficient (Wildman–Crippen LogP) is 3.70. The van der Waals surface area contributed by atoms with Crippen LogP contribution < -0.4 is 10.2 Å². The summed E-state index contributed by atoms with van der Waals surface area (Å²) in [7, 11) is 0. The van der Waals surface area contributed by atoms with Gasteiger partial charge in [0.05, 0.1) is 22.9 Å². The van der Waals surface area contributed by atoms with Crippen LogP contribution in [-0.4, -0.2) is 35.0 Å². The van der Waals surface area contributed by atoms with E-state index >= 15 is 0 Å². The van der Waals surface area contributed by atoms with E-state index in [4.69, 9.17) is 5.11 Å². The Labute approximate surface area is 174 Å². The van der Waals surface area contributed by atoms with Gasteiger partial charge < -0.3 is 15.3 Å². The Bertz CT molecular complexity index is 936. The van der Waals surface area contributed by atoms with E-state index in [2.05, 4.69) is 10.2 Å². The molecule has 2 N–H and O–H groups in total. The van der Waals surface area contributed by atoms with Gasteiger partial charge in [-0.25, -0.2) is 4.79 Å². The lowest BCUT2D eigenvalue weighted by Gasteiger charge is -2.32. The van der Waals surface area contributed by atoms with Crippen LogP contribution in [0.3, 0.4) is 0 Å². The maximum absolute atomic E-state index is 12.5. The Hall–Kier alpha value is -3.42. The number of rotatable bonds is 7. The van der Waals surface area contributed by atoms with Crippen molar-refractivity contribution in [1.29, 1.82) is 0 Å². The Balaban J connectivity index is 1.76. The molecule has 2 aromatic carbocycles. The minimum Gasteiger partial charge on any atom is -0.478 e. The van der Waals surface area contributed by atoms with E-state index in [0.717, 1.165) is 37.2 Å². The average Bonchev–Trinajstić information content (AvgIpc) is 2.74. The highest BCUT2D eigenvalue weighted by Crippen LogP contribution is 2.32. The van der Waals surface area contributed by atoms with E-state index in [0.29, 0.717) is 5.56 Å². The Morgan fingerprint density at radius 3 is 2.40 bits per heavy atom. The topological polar surface area (TPSA) is 113 Å². The normalized spacial score (nSPS) is 14.8. The number of piperidine rings is 1. The van der Waals surface area contributed by atoms with Gasteiger partial charge in [0.15, 0.2) is 0 Å². The van der Waals surface area contributed by atoms with Crippen LogP contribution in [0, 0.1) is 10.1 Å². The number of carboxylic acid groups (broad SMARTS) is 1. The minimum absolute atomic E-state index is 0.00359. The molecule has 0 spiro atoms. The summed E-state index contributed by atoms with van der Waals surface area (Å²) >= 11 is 0. The molecule has 1 fully saturated rings. The van der Waals surface area contributed by atoms with Gasteiger partial charge in [0.2, 0.25) is 5.91 Å². The van der Waals surface area contributed by atoms with E-state index in [1.807, 2.05) is 6.92 Å². The summed E-state index contributed by atoms with van der Waals surface area (Å²) in [6.45, 7) is 3.60. The van der Waals surface area contributed by atoms with E-state index in [-0.39, 0.29) is 23.6 Å². The first-order valence-corrected chi connectivity index (χ1v) is 10.00. The molecule has 8 nitrogen and oxygen atoms in total. The molecule has 0 aromatic heterocycles. The van der Waals surface area contributed by atoms with E-state index in [1.165, 1.54) is 30.7 Å². The van der Waals surface area contributed by atoms with Crippen LogP contribution in [0.5, 0.6) is 0 Å². The highest BCUT2D eigenvalue weighted by molar-refractivity contribution is 5.87. The van der Waals surface area contributed by atoms with Crippen molar-refractivity contribution in [2.45, 2.75) is 38.6 Å². The highest BCUT2D eigenvalue weighted by Gasteiger charge is 2.22. The standard InChI is InChI=1S/C22H25N3O5/c1-15(23-21(26)13-16-5-7-17(8-6-16)22(27)28)19-14-18(25(29)30)9-10-20(19)24-11-3-2-4-12-24/h5-10,14-15H,2-4,11-13H2,1H3,(H,23,26)(H,27,28). The molecule has 2 aromatic rings. The van der Waals surface area contributed by atoms with E-state index in [9.17, 15) is 19.7 Å². The van der Waals surface area contributed by atoms with Crippen LogP contribution >= 0.6 is 0 Å². The number of nitrogens with one attached hydrogen (secondary N) is 1. The number of anilines is 1. The third-order valence-corrected chi connectivity index (χ3v) is 5.33. The van der Waals surface area contributed by atoms with Crippen molar-refractivity contribution < 1.29 is 19.6 Å².